The van der Waals surface area contributed by atoms with E-state index in [1.807, 2.05) is 0 Å². The Bertz CT molecular complexity index is 1200. The molecule has 25 atom stereocenters. The van der Waals surface area contributed by atoms with Crippen LogP contribution in [-0.4, -0.2) is 273 Å². The van der Waals surface area contributed by atoms with Gasteiger partial charge < -0.3 is 129 Å². The molecule has 26 nitrogen and oxygen atoms in total. The third kappa shape index (κ3) is 9.31. The summed E-state index contributed by atoms with van der Waals surface area (Å²) in [5.41, 5.74) is 0. The molecule has 328 valence electrons. The minimum atomic E-state index is -2.17. The Morgan fingerprint density at radius 1 is 0.304 bits per heavy atom. The first kappa shape index (κ1) is 46.0. The van der Waals surface area contributed by atoms with E-state index in [-0.39, 0.29) is 0 Å². The largest absolute Gasteiger partial charge is 0.394 e. The van der Waals surface area contributed by atoms with Gasteiger partial charge in [0.05, 0.1) is 33.0 Å². The highest BCUT2D eigenvalue weighted by atomic mass is 16.8. The van der Waals surface area contributed by atoms with E-state index in [0.717, 1.165) is 0 Å². The van der Waals surface area contributed by atoms with Crippen LogP contribution in [0.2, 0.25) is 0 Å². The third-order valence-electron chi connectivity index (χ3n) is 10.3. The predicted octanol–water partition coefficient (Wildman–Crippen LogP) is -11.9. The van der Waals surface area contributed by atoms with Gasteiger partial charge in [-0.3, -0.25) is 0 Å². The highest BCUT2D eigenvalue weighted by Crippen LogP contribution is 2.34. The zero-order valence-corrected chi connectivity index (χ0v) is 29.2. The molecule has 56 heavy (non-hydrogen) atoms. The van der Waals surface area contributed by atoms with Gasteiger partial charge in [0.1, 0.15) is 122 Å². The lowest BCUT2D eigenvalue weighted by Gasteiger charge is -2.48. The van der Waals surface area contributed by atoms with Gasteiger partial charge in [-0.15, -0.1) is 0 Å². The van der Waals surface area contributed by atoms with Gasteiger partial charge in [0.2, 0.25) is 0 Å². The van der Waals surface area contributed by atoms with E-state index in [4.69, 9.17) is 42.6 Å². The van der Waals surface area contributed by atoms with Crippen molar-refractivity contribution in [3.63, 3.8) is 0 Å². The van der Waals surface area contributed by atoms with Gasteiger partial charge in [0, 0.05) is 0 Å². The number of hydrogen-bond donors (Lipinski definition) is 17. The van der Waals surface area contributed by atoms with Crippen LogP contribution in [-0.2, 0) is 42.6 Å². The van der Waals surface area contributed by atoms with Crippen LogP contribution in [0.3, 0.4) is 0 Å². The van der Waals surface area contributed by atoms with E-state index in [9.17, 15) is 86.8 Å². The number of hydrogen-bond acceptors (Lipinski definition) is 26. The first-order valence-corrected chi connectivity index (χ1v) is 17.6. The minimum absolute atomic E-state index is 0.843. The van der Waals surface area contributed by atoms with Crippen molar-refractivity contribution < 1.29 is 129 Å². The molecule has 0 aromatic carbocycles. The molecule has 0 aromatic rings. The summed E-state index contributed by atoms with van der Waals surface area (Å²) in [7, 11) is 0. The fourth-order valence-electron chi connectivity index (χ4n) is 6.87. The second-order valence-corrected chi connectivity index (χ2v) is 14.0. The van der Waals surface area contributed by atoms with Crippen molar-refractivity contribution in [3.8, 4) is 0 Å². The summed E-state index contributed by atoms with van der Waals surface area (Å²) in [6, 6.07) is 0. The number of aliphatic hydroxyl groups is 17. The molecule has 0 spiro atoms. The fraction of sp³-hybridized carbons (Fsp3) is 1.00. The van der Waals surface area contributed by atoms with Gasteiger partial charge in [0.15, 0.2) is 31.5 Å². The van der Waals surface area contributed by atoms with Crippen LogP contribution in [0.5, 0.6) is 0 Å². The van der Waals surface area contributed by atoms with Gasteiger partial charge in [-0.1, -0.05) is 0 Å². The van der Waals surface area contributed by atoms with E-state index in [2.05, 4.69) is 0 Å². The summed E-state index contributed by atoms with van der Waals surface area (Å²) in [5.74, 6) is 0. The SMILES string of the molecule is OC[C@H]1O[C@H](O[C@@H]2[C@@H](OC[C@H]3O[C@@H](O)[C@@H](O)[C@@H](O[C@H]4O[C@H](CO)[C@@H](O)[C@H](O)[C@@H]4O[C@H]4O[C@H](CO)[C@@H](O)[C@H](O)[C@@H]4O)[C@@H]3O)O[C@H](CO)[C@@H](O)[C@@H]2O)[C@@H](O)[C@@H](O)[C@@H]1O. The van der Waals surface area contributed by atoms with Crippen molar-refractivity contribution in [2.75, 3.05) is 33.0 Å². The highest BCUT2D eigenvalue weighted by molar-refractivity contribution is 4.98. The molecule has 26 heteroatoms. The van der Waals surface area contributed by atoms with Crippen LogP contribution in [0.1, 0.15) is 0 Å². The van der Waals surface area contributed by atoms with Gasteiger partial charge >= 0.3 is 0 Å². The van der Waals surface area contributed by atoms with Crippen molar-refractivity contribution in [2.45, 2.75) is 154 Å². The molecule has 5 aliphatic heterocycles. The summed E-state index contributed by atoms with van der Waals surface area (Å²) >= 11 is 0. The van der Waals surface area contributed by atoms with Gasteiger partial charge in [-0.05, 0) is 0 Å². The normalized spacial score (nSPS) is 53.2. The molecule has 0 aliphatic carbocycles. The molecule has 5 heterocycles. The van der Waals surface area contributed by atoms with E-state index in [1.54, 1.807) is 0 Å². The number of rotatable bonds is 13. The van der Waals surface area contributed by atoms with Crippen LogP contribution >= 0.6 is 0 Å². The molecular weight excluding hydrogens is 776 g/mol. The van der Waals surface area contributed by atoms with Crippen molar-refractivity contribution in [3.05, 3.63) is 0 Å². The monoisotopic (exact) mass is 828 g/mol. The Labute approximate surface area is 316 Å². The average Bonchev–Trinajstić information content (AvgIpc) is 3.18. The summed E-state index contributed by atoms with van der Waals surface area (Å²) < 4.78 is 49.5. The molecule has 17 N–H and O–H groups in total. The molecule has 0 unspecified atom stereocenters. The molecule has 5 fully saturated rings. The molecule has 5 rings (SSSR count). The second kappa shape index (κ2) is 19.6. The van der Waals surface area contributed by atoms with Crippen LogP contribution in [0.4, 0.5) is 0 Å². The first-order valence-electron chi connectivity index (χ1n) is 17.6. The lowest BCUT2D eigenvalue weighted by molar-refractivity contribution is -0.391. The van der Waals surface area contributed by atoms with Crippen molar-refractivity contribution in [1.82, 2.24) is 0 Å². The predicted molar refractivity (Wildman–Crippen MR) is 167 cm³/mol. The average molecular weight is 829 g/mol. The Morgan fingerprint density at radius 3 is 1.09 bits per heavy atom. The van der Waals surface area contributed by atoms with Crippen LogP contribution in [0.25, 0.3) is 0 Å². The molecule has 5 saturated heterocycles. The molecule has 0 bridgehead atoms. The Hall–Kier alpha value is -1.04. The topological polar surface area (TPSA) is 427 Å². The molecule has 0 saturated carbocycles. The molecule has 0 radical (unpaired) electrons. The molecule has 0 amide bonds. The van der Waals surface area contributed by atoms with E-state index >= 15 is 0 Å². The lowest BCUT2D eigenvalue weighted by atomic mass is 9.96. The van der Waals surface area contributed by atoms with Crippen LogP contribution in [0.15, 0.2) is 0 Å². The maximum absolute atomic E-state index is 11.3. The summed E-state index contributed by atoms with van der Waals surface area (Å²) in [5, 5.41) is 176. The van der Waals surface area contributed by atoms with Crippen molar-refractivity contribution in [1.29, 1.82) is 0 Å². The zero-order chi connectivity index (χ0) is 41.3. The minimum Gasteiger partial charge on any atom is -0.394 e. The summed E-state index contributed by atoms with van der Waals surface area (Å²) in [6.45, 7) is -4.35. The van der Waals surface area contributed by atoms with E-state index < -0.39 is 187 Å². The quantitative estimate of drug-likeness (QED) is 0.0819. The zero-order valence-electron chi connectivity index (χ0n) is 29.2. The number of ether oxygens (including phenoxy) is 9. The summed E-state index contributed by atoms with van der Waals surface area (Å²) in [6.07, 6.45) is -46.6. The number of aliphatic hydroxyl groups excluding tert-OH is 17. The van der Waals surface area contributed by atoms with Crippen molar-refractivity contribution >= 4 is 0 Å². The lowest BCUT2D eigenvalue weighted by Crippen LogP contribution is -2.67. The maximum atomic E-state index is 11.3. The second-order valence-electron chi connectivity index (χ2n) is 14.0. The Balaban J connectivity index is 1.32. The van der Waals surface area contributed by atoms with Gasteiger partial charge in [-0.2, -0.15) is 0 Å². The standard InChI is InChI=1S/C30H52O26/c31-1-6-11(35)16(40)20(44)27(50-6)55-24-18(42)13(37)8(3-33)52-29(24)48-5-10-15(39)23(22(46)26(47)49-10)54-30-25(19(43)14(38)9(4-34)53-30)56-28-21(45)17(41)12(36)7(2-32)51-28/h6-47H,1-5H2/t6-,7-,8-,9-,10-,11-,12-,13-,14-,15-,16+,17+,18+,19+,20+,21+,22+,23+,24+,25+,26-,27-,28-,29+,30-/m1/s1. The fourth-order valence-corrected chi connectivity index (χ4v) is 6.87. The van der Waals surface area contributed by atoms with Crippen LogP contribution in [0, 0.1) is 0 Å². The van der Waals surface area contributed by atoms with Gasteiger partial charge in [0.25, 0.3) is 0 Å². The Kier molecular flexibility index (Phi) is 16.1. The van der Waals surface area contributed by atoms with E-state index in [0.29, 0.717) is 0 Å². The molecule has 5 aliphatic rings. The highest BCUT2D eigenvalue weighted by Gasteiger charge is 2.55. The molecular formula is C30H52O26. The van der Waals surface area contributed by atoms with Gasteiger partial charge in [-0.25, -0.2) is 0 Å². The van der Waals surface area contributed by atoms with E-state index in [1.165, 1.54) is 0 Å². The smallest absolute Gasteiger partial charge is 0.187 e. The van der Waals surface area contributed by atoms with Crippen molar-refractivity contribution in [2.24, 2.45) is 0 Å². The van der Waals surface area contributed by atoms with Crippen LogP contribution < -0.4 is 0 Å². The summed E-state index contributed by atoms with van der Waals surface area (Å²) in [4.78, 5) is 0. The first-order chi connectivity index (χ1) is 26.5. The third-order valence-corrected chi connectivity index (χ3v) is 10.3. The molecule has 0 aromatic heterocycles. The maximum Gasteiger partial charge on any atom is 0.187 e. The Morgan fingerprint density at radius 2 is 0.661 bits per heavy atom.